The summed E-state index contributed by atoms with van der Waals surface area (Å²) in [4.78, 5) is 4.29. The summed E-state index contributed by atoms with van der Waals surface area (Å²) < 4.78 is 5.75. The minimum atomic E-state index is 0.794. The van der Waals surface area contributed by atoms with Gasteiger partial charge in [0.05, 0.1) is 18.5 Å². The molecule has 0 unspecified atom stereocenters. The number of nitrogens with zero attached hydrogens (tertiary/aromatic N) is 2. The molecule has 1 N–H and O–H groups in total. The van der Waals surface area contributed by atoms with Gasteiger partial charge in [-0.15, -0.1) is 11.3 Å². The summed E-state index contributed by atoms with van der Waals surface area (Å²) in [5.41, 5.74) is 4.97. The van der Waals surface area contributed by atoms with Crippen molar-refractivity contribution < 1.29 is 4.74 Å². The van der Waals surface area contributed by atoms with Gasteiger partial charge in [-0.25, -0.2) is 4.98 Å². The maximum absolute atomic E-state index is 5.75. The zero-order valence-corrected chi connectivity index (χ0v) is 14.7. The van der Waals surface area contributed by atoms with Crippen molar-refractivity contribution in [3.8, 4) is 5.75 Å². The number of thiazole rings is 1. The highest BCUT2D eigenvalue weighted by Crippen LogP contribution is 2.15. The topological polar surface area (TPSA) is 46.5 Å². The number of aryl methyl sites for hydroxylation is 1. The van der Waals surface area contributed by atoms with Gasteiger partial charge in [-0.2, -0.15) is 5.10 Å². The lowest BCUT2D eigenvalue weighted by atomic mass is 10.2. The molecule has 0 bridgehead atoms. The second kappa shape index (κ2) is 10.0. The van der Waals surface area contributed by atoms with Gasteiger partial charge >= 0.3 is 0 Å². The Labute approximate surface area is 142 Å². The Kier molecular flexibility index (Phi) is 7.60. The van der Waals surface area contributed by atoms with Crippen LogP contribution in [0.25, 0.3) is 0 Å². The number of anilines is 1. The number of hydrogen-bond acceptors (Lipinski definition) is 5. The molecule has 0 saturated carbocycles. The number of hydrazone groups is 1. The van der Waals surface area contributed by atoms with Crippen LogP contribution in [0.3, 0.4) is 0 Å². The van der Waals surface area contributed by atoms with E-state index in [9.17, 15) is 0 Å². The number of ether oxygens (including phenoxy) is 1. The number of benzene rings is 1. The van der Waals surface area contributed by atoms with Crippen molar-refractivity contribution in [2.75, 3.05) is 12.0 Å². The Morgan fingerprint density at radius 3 is 2.65 bits per heavy atom. The molecule has 0 spiro atoms. The molecule has 2 aromatic rings. The molecule has 2 rings (SSSR count). The summed E-state index contributed by atoms with van der Waals surface area (Å²) in [5, 5.41) is 6.99. The van der Waals surface area contributed by atoms with Gasteiger partial charge in [0.15, 0.2) is 0 Å². The van der Waals surface area contributed by atoms with Crippen molar-refractivity contribution in [3.05, 3.63) is 40.9 Å². The van der Waals surface area contributed by atoms with Crippen LogP contribution in [0.5, 0.6) is 5.75 Å². The number of nitrogens with one attached hydrogen (secondary N) is 1. The largest absolute Gasteiger partial charge is 0.494 e. The SMILES string of the molecule is CCCCCCCOc1ccc(/C=N\Nc2nc(C)cs2)cc1. The highest BCUT2D eigenvalue weighted by Gasteiger charge is 1.96. The van der Waals surface area contributed by atoms with Crippen LogP contribution in [0.15, 0.2) is 34.7 Å². The molecular weight excluding hydrogens is 306 g/mol. The van der Waals surface area contributed by atoms with Crippen LogP contribution in [0.2, 0.25) is 0 Å². The number of hydrogen-bond donors (Lipinski definition) is 1. The first-order valence-corrected chi connectivity index (χ1v) is 9.10. The number of aromatic nitrogens is 1. The minimum Gasteiger partial charge on any atom is -0.494 e. The smallest absolute Gasteiger partial charge is 0.203 e. The van der Waals surface area contributed by atoms with E-state index in [1.165, 1.54) is 25.7 Å². The summed E-state index contributed by atoms with van der Waals surface area (Å²) in [6.45, 7) is 4.99. The minimum absolute atomic E-state index is 0.794. The quantitative estimate of drug-likeness (QED) is 0.367. The van der Waals surface area contributed by atoms with Gasteiger partial charge in [-0.3, -0.25) is 5.43 Å². The molecule has 0 fully saturated rings. The third-order valence-electron chi connectivity index (χ3n) is 3.39. The zero-order valence-electron chi connectivity index (χ0n) is 13.9. The van der Waals surface area contributed by atoms with Gasteiger partial charge in [0.1, 0.15) is 5.75 Å². The van der Waals surface area contributed by atoms with E-state index in [2.05, 4.69) is 22.4 Å². The average Bonchev–Trinajstić information content (AvgIpc) is 2.97. The summed E-state index contributed by atoms with van der Waals surface area (Å²) in [6.07, 6.45) is 8.07. The van der Waals surface area contributed by atoms with Crippen LogP contribution in [0.4, 0.5) is 5.13 Å². The molecule has 0 radical (unpaired) electrons. The number of unbranched alkanes of at least 4 members (excludes halogenated alkanes) is 4. The molecule has 124 valence electrons. The van der Waals surface area contributed by atoms with E-state index >= 15 is 0 Å². The van der Waals surface area contributed by atoms with E-state index in [0.717, 1.165) is 35.2 Å². The highest BCUT2D eigenvalue weighted by atomic mass is 32.1. The first kappa shape index (κ1) is 17.5. The van der Waals surface area contributed by atoms with Gasteiger partial charge in [-0.05, 0) is 43.2 Å². The maximum atomic E-state index is 5.75. The predicted molar refractivity (Wildman–Crippen MR) is 98.8 cm³/mol. The van der Waals surface area contributed by atoms with E-state index in [1.807, 2.05) is 36.6 Å². The van der Waals surface area contributed by atoms with E-state index < -0.39 is 0 Å². The molecule has 0 aliphatic rings. The first-order chi connectivity index (χ1) is 11.3. The Balaban J connectivity index is 1.69. The Hall–Kier alpha value is -1.88. The maximum Gasteiger partial charge on any atom is 0.203 e. The Bertz CT molecular complexity index is 593. The standard InChI is InChI=1S/C18H25N3OS/c1-3-4-5-6-7-12-22-17-10-8-16(9-11-17)13-19-21-18-20-15(2)14-23-18/h8-11,13-14H,3-7,12H2,1-2H3,(H,20,21)/b19-13-. The van der Waals surface area contributed by atoms with Gasteiger partial charge in [0.25, 0.3) is 0 Å². The second-order valence-corrected chi connectivity index (χ2v) is 6.35. The van der Waals surface area contributed by atoms with E-state index in [4.69, 9.17) is 4.74 Å². The lowest BCUT2D eigenvalue weighted by Gasteiger charge is -2.06. The Morgan fingerprint density at radius 2 is 1.96 bits per heavy atom. The van der Waals surface area contributed by atoms with Crippen molar-refractivity contribution in [2.45, 2.75) is 46.0 Å². The molecule has 1 aromatic carbocycles. The van der Waals surface area contributed by atoms with Crippen molar-refractivity contribution in [1.82, 2.24) is 4.98 Å². The second-order valence-electron chi connectivity index (χ2n) is 5.50. The lowest BCUT2D eigenvalue weighted by Crippen LogP contribution is -1.97. The van der Waals surface area contributed by atoms with E-state index in [1.54, 1.807) is 17.6 Å². The van der Waals surface area contributed by atoms with Crippen LogP contribution < -0.4 is 10.2 Å². The molecule has 0 aliphatic heterocycles. The molecule has 0 amide bonds. The fourth-order valence-corrected chi connectivity index (χ4v) is 2.75. The molecule has 0 saturated heterocycles. The first-order valence-electron chi connectivity index (χ1n) is 8.22. The predicted octanol–water partition coefficient (Wildman–Crippen LogP) is 5.25. The zero-order chi connectivity index (χ0) is 16.3. The molecule has 0 atom stereocenters. The van der Waals surface area contributed by atoms with Crippen molar-refractivity contribution >= 4 is 22.7 Å². The van der Waals surface area contributed by atoms with Crippen molar-refractivity contribution in [1.29, 1.82) is 0 Å². The normalized spacial score (nSPS) is 11.0. The van der Waals surface area contributed by atoms with Gasteiger partial charge in [0, 0.05) is 5.38 Å². The Morgan fingerprint density at radius 1 is 1.17 bits per heavy atom. The van der Waals surface area contributed by atoms with Gasteiger partial charge in [0.2, 0.25) is 5.13 Å². The molecular formula is C18H25N3OS. The van der Waals surface area contributed by atoms with Crippen LogP contribution in [-0.4, -0.2) is 17.8 Å². The lowest BCUT2D eigenvalue weighted by molar-refractivity contribution is 0.304. The van der Waals surface area contributed by atoms with Crippen LogP contribution >= 0.6 is 11.3 Å². The third-order valence-corrected chi connectivity index (χ3v) is 4.25. The number of rotatable bonds is 10. The molecule has 1 aromatic heterocycles. The van der Waals surface area contributed by atoms with Crippen LogP contribution in [0, 0.1) is 6.92 Å². The molecule has 0 aliphatic carbocycles. The van der Waals surface area contributed by atoms with E-state index in [-0.39, 0.29) is 0 Å². The fourth-order valence-electron chi connectivity index (χ4n) is 2.11. The van der Waals surface area contributed by atoms with E-state index in [0.29, 0.717) is 0 Å². The molecule has 23 heavy (non-hydrogen) atoms. The fraction of sp³-hybridized carbons (Fsp3) is 0.444. The monoisotopic (exact) mass is 331 g/mol. The molecule has 5 heteroatoms. The third kappa shape index (κ3) is 6.82. The van der Waals surface area contributed by atoms with Crippen molar-refractivity contribution in [3.63, 3.8) is 0 Å². The van der Waals surface area contributed by atoms with Gasteiger partial charge < -0.3 is 4.74 Å². The summed E-state index contributed by atoms with van der Waals surface area (Å²) in [7, 11) is 0. The van der Waals surface area contributed by atoms with Crippen molar-refractivity contribution in [2.24, 2.45) is 5.10 Å². The summed E-state index contributed by atoms with van der Waals surface area (Å²) in [5.74, 6) is 0.918. The van der Waals surface area contributed by atoms with Crippen LogP contribution in [-0.2, 0) is 0 Å². The highest BCUT2D eigenvalue weighted by molar-refractivity contribution is 7.13. The summed E-state index contributed by atoms with van der Waals surface area (Å²) >= 11 is 1.55. The van der Waals surface area contributed by atoms with Gasteiger partial charge in [-0.1, -0.05) is 32.6 Å². The molecule has 4 nitrogen and oxygen atoms in total. The van der Waals surface area contributed by atoms with Crippen LogP contribution in [0.1, 0.15) is 50.3 Å². The average molecular weight is 331 g/mol. The molecule has 1 heterocycles. The summed E-state index contributed by atoms with van der Waals surface area (Å²) in [6, 6.07) is 7.98.